The zero-order valence-corrected chi connectivity index (χ0v) is 5.19. The predicted molar refractivity (Wildman–Crippen MR) is 26.7 cm³/mol. The molecule has 5 heteroatoms. The monoisotopic (exact) mass is 154 g/mol. The summed E-state index contributed by atoms with van der Waals surface area (Å²) in [7, 11) is 0. The second kappa shape index (κ2) is 1.81. The van der Waals surface area contributed by atoms with Gasteiger partial charge >= 0.3 is 5.55 Å². The Morgan fingerprint density at radius 3 is 1.20 bits per heavy atom. The minimum atomic E-state index is -2.97. The topological polar surface area (TPSA) is 20.2 Å². The molecule has 5 heavy (non-hydrogen) atoms. The molecule has 0 saturated heterocycles. The maximum atomic E-state index is 7.93. The first-order valence-corrected chi connectivity index (χ1v) is 5.16. The largest absolute Gasteiger partial charge is 0.433 e. The van der Waals surface area contributed by atoms with E-state index < -0.39 is 5.55 Å². The second-order valence-electron chi connectivity index (χ2n) is 0.418. The lowest BCUT2D eigenvalue weighted by atomic mass is 16.9. The van der Waals surface area contributed by atoms with Crippen LogP contribution in [0.3, 0.4) is 0 Å². The first kappa shape index (κ1) is 6.26. The van der Waals surface area contributed by atoms with E-state index in [4.69, 9.17) is 38.6 Å². The summed E-state index contributed by atoms with van der Waals surface area (Å²) in [6.07, 6.45) is 0. The van der Waals surface area contributed by atoms with Crippen LogP contribution >= 0.6 is 39.3 Å². The van der Waals surface area contributed by atoms with E-state index >= 15 is 0 Å². The molecule has 0 aliphatic rings. The van der Waals surface area contributed by atoms with Crippen molar-refractivity contribution in [2.45, 2.75) is 0 Å². The summed E-state index contributed by atoms with van der Waals surface area (Å²) >= 11 is 14.2. The third kappa shape index (κ3) is 35.2. The molecule has 1 N–H and O–H groups in total. The molecule has 0 spiro atoms. The molecule has 0 heterocycles. The molecule has 0 radical (unpaired) electrons. The van der Waals surface area contributed by atoms with Gasteiger partial charge in [-0.3, -0.25) is 0 Å². The molecule has 0 aliphatic heterocycles. The Hall–Kier alpha value is 1.26. The van der Waals surface area contributed by atoms with Crippen molar-refractivity contribution < 1.29 is 4.89 Å². The SMILES string of the molecule is [17OH][P+](Cl)(Cl)Cl. The second-order valence-corrected chi connectivity index (χ2v) is 7.22. The molecule has 0 atom stereocenters. The van der Waals surface area contributed by atoms with Crippen LogP contribution in [0.15, 0.2) is 0 Å². The predicted octanol–water partition coefficient (Wildman–Crippen LogP) is 2.37. The summed E-state index contributed by atoms with van der Waals surface area (Å²) in [6, 6.07) is 0. The first-order chi connectivity index (χ1) is 2.00. The van der Waals surface area contributed by atoms with Crippen LogP contribution in [0, 0.1) is 0 Å². The molecule has 0 aromatic carbocycles. The molecule has 0 rings (SSSR count). The van der Waals surface area contributed by atoms with Crippen molar-refractivity contribution in [3.05, 3.63) is 0 Å². The highest BCUT2D eigenvalue weighted by Crippen LogP contribution is 2.69. The van der Waals surface area contributed by atoms with Crippen molar-refractivity contribution in [3.63, 3.8) is 0 Å². The van der Waals surface area contributed by atoms with E-state index in [1.165, 1.54) is 0 Å². The van der Waals surface area contributed by atoms with Gasteiger partial charge in [0.2, 0.25) is 0 Å². The average Bonchev–Trinajstić information content (AvgIpc) is 0.722. The molecular weight excluding hydrogens is 154 g/mol. The van der Waals surface area contributed by atoms with Crippen LogP contribution in [0.25, 0.3) is 0 Å². The van der Waals surface area contributed by atoms with Crippen LogP contribution < -0.4 is 0 Å². The van der Waals surface area contributed by atoms with Gasteiger partial charge in [-0.1, -0.05) is 0 Å². The quantitative estimate of drug-likeness (QED) is 0.533. The molecule has 0 unspecified atom stereocenters. The highest BCUT2D eigenvalue weighted by atomic mass is 36.1. The van der Waals surface area contributed by atoms with Gasteiger partial charge < -0.3 is 0 Å². The third-order valence-electron chi connectivity index (χ3n) is 0. The molecular formula is HCl3OP+. The molecule has 0 fully saturated rings. The van der Waals surface area contributed by atoms with Gasteiger partial charge in [-0.15, -0.1) is 0 Å². The summed E-state index contributed by atoms with van der Waals surface area (Å²) in [4.78, 5) is 7.93. The van der Waals surface area contributed by atoms with Crippen molar-refractivity contribution in [2.24, 2.45) is 0 Å². The Kier molecular flexibility index (Phi) is 2.27. The van der Waals surface area contributed by atoms with Crippen LogP contribution in [0.4, 0.5) is 0 Å². The van der Waals surface area contributed by atoms with Crippen molar-refractivity contribution in [3.8, 4) is 0 Å². The molecule has 0 saturated carbocycles. The maximum Gasteiger partial charge on any atom is 0.433 e. The maximum absolute atomic E-state index is 7.93. The lowest BCUT2D eigenvalue weighted by Gasteiger charge is -1.76. The summed E-state index contributed by atoms with van der Waals surface area (Å²) in [6.45, 7) is 0. The van der Waals surface area contributed by atoms with E-state index in [9.17, 15) is 0 Å². The Morgan fingerprint density at radius 2 is 1.20 bits per heavy atom. The number of halogens is 3. The minimum absolute atomic E-state index is 2.97. The van der Waals surface area contributed by atoms with Crippen LogP contribution in [0.5, 0.6) is 0 Å². The van der Waals surface area contributed by atoms with Gasteiger partial charge in [0.05, 0.1) is 0 Å². The van der Waals surface area contributed by atoms with Crippen LogP contribution in [0.2, 0.25) is 0 Å². The van der Waals surface area contributed by atoms with Gasteiger partial charge in [0.25, 0.3) is 0 Å². The Balaban J connectivity index is 3.02. The fraction of sp³-hybridized carbons (Fsp3) is 0. The van der Waals surface area contributed by atoms with Gasteiger partial charge in [-0.25, -0.2) is 0 Å². The van der Waals surface area contributed by atoms with Crippen molar-refractivity contribution in [2.75, 3.05) is 0 Å². The van der Waals surface area contributed by atoms with Crippen molar-refractivity contribution in [1.82, 2.24) is 0 Å². The van der Waals surface area contributed by atoms with E-state index in [1.807, 2.05) is 0 Å². The van der Waals surface area contributed by atoms with Gasteiger partial charge in [-0.05, 0) is 0 Å². The first-order valence-electron chi connectivity index (χ1n) is 0.707. The number of hydrogen-bond acceptors (Lipinski definition) is 1. The average molecular weight is 155 g/mol. The van der Waals surface area contributed by atoms with E-state index in [-0.39, 0.29) is 0 Å². The summed E-state index contributed by atoms with van der Waals surface area (Å²) in [5.41, 5.74) is -2.97. The zero-order valence-electron chi connectivity index (χ0n) is 2.03. The fourth-order valence-corrected chi connectivity index (χ4v) is 0. The zero-order chi connectivity index (χ0) is 4.50. The Bertz CT molecular complexity index is 22.4. The Morgan fingerprint density at radius 1 is 1.20 bits per heavy atom. The molecule has 0 aliphatic carbocycles. The number of hydrogen-bond donors (Lipinski definition) is 1. The smallest absolute Gasteiger partial charge is 0.198 e. The van der Waals surface area contributed by atoms with Gasteiger partial charge in [0, 0.05) is 0 Å². The van der Waals surface area contributed by atoms with E-state index in [0.29, 0.717) is 0 Å². The van der Waals surface area contributed by atoms with Crippen molar-refractivity contribution >= 4 is 39.3 Å². The number of rotatable bonds is 0. The lowest BCUT2D eigenvalue weighted by Crippen LogP contribution is -1.43. The summed E-state index contributed by atoms with van der Waals surface area (Å²) in [5, 5.41) is 0. The molecule has 0 aromatic heterocycles. The molecule has 1 nitrogen and oxygen atoms in total. The normalized spacial score (nSPS) is 12.0. The van der Waals surface area contributed by atoms with E-state index in [2.05, 4.69) is 0 Å². The fourth-order valence-electron chi connectivity index (χ4n) is 0. The van der Waals surface area contributed by atoms with Crippen LogP contribution in [0.1, 0.15) is 0 Å². The van der Waals surface area contributed by atoms with E-state index in [0.717, 1.165) is 0 Å². The summed E-state index contributed by atoms with van der Waals surface area (Å²) < 4.78 is 0. The molecule has 0 bridgehead atoms. The van der Waals surface area contributed by atoms with Crippen LogP contribution in [-0.2, 0) is 0 Å². The molecule has 0 aromatic rings. The summed E-state index contributed by atoms with van der Waals surface area (Å²) in [5.74, 6) is 0. The van der Waals surface area contributed by atoms with Gasteiger partial charge in [0.15, 0.2) is 33.7 Å². The van der Waals surface area contributed by atoms with Gasteiger partial charge in [-0.2, -0.15) is 4.89 Å². The minimum Gasteiger partial charge on any atom is -0.198 e. The molecule has 32 valence electrons. The van der Waals surface area contributed by atoms with Crippen molar-refractivity contribution in [1.29, 1.82) is 0 Å². The third-order valence-corrected chi connectivity index (χ3v) is 0. The highest BCUT2D eigenvalue weighted by Gasteiger charge is 2.27. The highest BCUT2D eigenvalue weighted by molar-refractivity contribution is 8.29. The molecule has 0 amide bonds. The van der Waals surface area contributed by atoms with Gasteiger partial charge in [0.1, 0.15) is 0 Å². The lowest BCUT2D eigenvalue weighted by molar-refractivity contribution is 0.648. The Labute approximate surface area is 44.6 Å². The standard InChI is InChI=1S/Cl3HOP/c1-5(2,3)4/h4H/q+1/i4+1. The van der Waals surface area contributed by atoms with E-state index in [1.54, 1.807) is 0 Å². The van der Waals surface area contributed by atoms with Crippen LogP contribution in [-0.4, -0.2) is 4.89 Å².